The number of thiazole rings is 1. The Bertz CT molecular complexity index is 701. The molecule has 0 unspecified atom stereocenters. The third kappa shape index (κ3) is 3.34. The molecule has 1 fully saturated rings. The van der Waals surface area contributed by atoms with Crippen LogP contribution in [0, 0.1) is 0 Å². The van der Waals surface area contributed by atoms with Crippen LogP contribution in [0.25, 0.3) is 11.0 Å². The number of amides is 1. The number of carbonyl (C=O) groups excluding carboxylic acids is 1. The summed E-state index contributed by atoms with van der Waals surface area (Å²) in [6, 6.07) is 0. The quantitative estimate of drug-likeness (QED) is 0.842. The molecule has 0 radical (unpaired) electrons. The Morgan fingerprint density at radius 2 is 2.27 bits per heavy atom. The standard InChI is InChI=1S/C15H18ClN3O2S/c16-13-11(19-8-9-22-14(19)18-13)4-5-12(20)17-10-15(21)6-2-1-3-7-15/h4-5,8-9,21H,1-3,6-7,10H2,(H,17,20)/b5-4+. The van der Waals surface area contributed by atoms with Crippen molar-refractivity contribution in [3.63, 3.8) is 0 Å². The van der Waals surface area contributed by atoms with E-state index >= 15 is 0 Å². The van der Waals surface area contributed by atoms with Gasteiger partial charge in [-0.15, -0.1) is 11.3 Å². The molecule has 2 aromatic rings. The Hall–Kier alpha value is -1.37. The summed E-state index contributed by atoms with van der Waals surface area (Å²) in [5, 5.41) is 15.4. The van der Waals surface area contributed by atoms with E-state index in [9.17, 15) is 9.90 Å². The molecule has 5 nitrogen and oxygen atoms in total. The second-order valence-corrected chi connectivity index (χ2v) is 6.91. The third-order valence-electron chi connectivity index (χ3n) is 4.02. The fraction of sp³-hybridized carbons (Fsp3) is 0.467. The number of nitrogens with one attached hydrogen (secondary N) is 1. The molecular formula is C15H18ClN3O2S. The number of nitrogens with zero attached hydrogens (tertiary/aromatic N) is 2. The number of fused-ring (bicyclic) bond motifs is 1. The summed E-state index contributed by atoms with van der Waals surface area (Å²) in [5.41, 5.74) is -0.0687. The van der Waals surface area contributed by atoms with Crippen LogP contribution in [0.3, 0.4) is 0 Å². The van der Waals surface area contributed by atoms with E-state index in [4.69, 9.17) is 11.6 Å². The number of hydrogen-bond donors (Lipinski definition) is 2. The minimum Gasteiger partial charge on any atom is -0.388 e. The zero-order chi connectivity index (χ0) is 15.6. The maximum absolute atomic E-state index is 11.9. The fourth-order valence-corrected chi connectivity index (χ4v) is 3.78. The predicted octanol–water partition coefficient (Wildman–Crippen LogP) is 2.87. The molecule has 2 N–H and O–H groups in total. The minimum absolute atomic E-state index is 0.236. The summed E-state index contributed by atoms with van der Waals surface area (Å²) < 4.78 is 1.84. The van der Waals surface area contributed by atoms with Gasteiger partial charge in [0.25, 0.3) is 0 Å². The van der Waals surface area contributed by atoms with E-state index in [1.54, 1.807) is 6.08 Å². The highest BCUT2D eigenvalue weighted by atomic mass is 35.5. The van der Waals surface area contributed by atoms with E-state index in [0.717, 1.165) is 37.1 Å². The molecule has 3 rings (SSSR count). The smallest absolute Gasteiger partial charge is 0.244 e. The second kappa shape index (κ2) is 6.40. The van der Waals surface area contributed by atoms with Gasteiger partial charge in [0.05, 0.1) is 11.3 Å². The van der Waals surface area contributed by atoms with Crippen molar-refractivity contribution in [2.45, 2.75) is 37.7 Å². The Kier molecular flexibility index (Phi) is 4.52. The zero-order valence-corrected chi connectivity index (χ0v) is 13.7. The molecule has 0 aromatic carbocycles. The summed E-state index contributed by atoms with van der Waals surface area (Å²) in [7, 11) is 0. The number of rotatable bonds is 4. The summed E-state index contributed by atoms with van der Waals surface area (Å²) in [6.07, 6.45) is 9.64. The molecule has 118 valence electrons. The first-order valence-corrected chi connectivity index (χ1v) is 8.63. The topological polar surface area (TPSA) is 66.6 Å². The van der Waals surface area contributed by atoms with Crippen molar-refractivity contribution >= 4 is 39.9 Å². The highest BCUT2D eigenvalue weighted by molar-refractivity contribution is 7.15. The van der Waals surface area contributed by atoms with Crippen LogP contribution in [0.1, 0.15) is 37.8 Å². The highest BCUT2D eigenvalue weighted by Gasteiger charge is 2.29. The SMILES string of the molecule is O=C(/C=C/c1c(Cl)nc2sccn12)NCC1(O)CCCCC1. The molecule has 1 saturated carbocycles. The molecule has 22 heavy (non-hydrogen) atoms. The van der Waals surface area contributed by atoms with Gasteiger partial charge in [-0.05, 0) is 18.9 Å². The van der Waals surface area contributed by atoms with E-state index in [1.165, 1.54) is 17.4 Å². The summed E-state index contributed by atoms with van der Waals surface area (Å²) in [6.45, 7) is 0.296. The molecular weight excluding hydrogens is 322 g/mol. The van der Waals surface area contributed by atoms with E-state index in [1.807, 2.05) is 16.0 Å². The van der Waals surface area contributed by atoms with Crippen LogP contribution in [-0.4, -0.2) is 32.5 Å². The first-order valence-electron chi connectivity index (χ1n) is 7.37. The summed E-state index contributed by atoms with van der Waals surface area (Å²) >= 11 is 7.55. The zero-order valence-electron chi connectivity index (χ0n) is 12.1. The van der Waals surface area contributed by atoms with Crippen LogP contribution >= 0.6 is 22.9 Å². The lowest BCUT2D eigenvalue weighted by atomic mass is 9.85. The molecule has 2 aromatic heterocycles. The molecule has 0 atom stereocenters. The molecule has 7 heteroatoms. The molecule has 0 spiro atoms. The lowest BCUT2D eigenvalue weighted by molar-refractivity contribution is -0.118. The van der Waals surface area contributed by atoms with Crippen molar-refractivity contribution in [3.8, 4) is 0 Å². The monoisotopic (exact) mass is 339 g/mol. The van der Waals surface area contributed by atoms with E-state index in [0.29, 0.717) is 17.4 Å². The third-order valence-corrected chi connectivity index (χ3v) is 5.06. The average molecular weight is 340 g/mol. The van der Waals surface area contributed by atoms with Crippen molar-refractivity contribution in [2.24, 2.45) is 0 Å². The Balaban J connectivity index is 1.61. The lowest BCUT2D eigenvalue weighted by Gasteiger charge is -2.31. The largest absolute Gasteiger partial charge is 0.388 e. The van der Waals surface area contributed by atoms with Crippen LogP contribution < -0.4 is 5.32 Å². The van der Waals surface area contributed by atoms with Crippen molar-refractivity contribution in [2.75, 3.05) is 6.54 Å². The summed E-state index contributed by atoms with van der Waals surface area (Å²) in [5.74, 6) is -0.236. The van der Waals surface area contributed by atoms with E-state index in [2.05, 4.69) is 10.3 Å². The van der Waals surface area contributed by atoms with Gasteiger partial charge in [-0.1, -0.05) is 30.9 Å². The predicted molar refractivity (Wildman–Crippen MR) is 88.2 cm³/mol. The normalized spacial score (nSPS) is 18.1. The van der Waals surface area contributed by atoms with Crippen LogP contribution in [0.15, 0.2) is 17.7 Å². The van der Waals surface area contributed by atoms with Crippen LogP contribution in [0.4, 0.5) is 0 Å². The first kappa shape index (κ1) is 15.5. The van der Waals surface area contributed by atoms with Crippen molar-refractivity contribution < 1.29 is 9.90 Å². The van der Waals surface area contributed by atoms with E-state index in [-0.39, 0.29) is 5.91 Å². The Labute approximate surface area is 137 Å². The molecule has 2 heterocycles. The van der Waals surface area contributed by atoms with Gasteiger partial charge in [0.1, 0.15) is 0 Å². The second-order valence-electron chi connectivity index (χ2n) is 5.68. The lowest BCUT2D eigenvalue weighted by Crippen LogP contribution is -2.43. The van der Waals surface area contributed by atoms with Crippen molar-refractivity contribution in [1.29, 1.82) is 0 Å². The Morgan fingerprint density at radius 3 is 3.05 bits per heavy atom. The number of aromatic nitrogens is 2. The molecule has 1 aliphatic carbocycles. The van der Waals surface area contributed by atoms with Crippen molar-refractivity contribution in [1.82, 2.24) is 14.7 Å². The van der Waals surface area contributed by atoms with Gasteiger partial charge < -0.3 is 10.4 Å². The maximum Gasteiger partial charge on any atom is 0.244 e. The number of carbonyl (C=O) groups is 1. The maximum atomic E-state index is 11.9. The van der Waals surface area contributed by atoms with Crippen molar-refractivity contribution in [3.05, 3.63) is 28.5 Å². The van der Waals surface area contributed by atoms with Gasteiger partial charge in [-0.3, -0.25) is 9.20 Å². The van der Waals surface area contributed by atoms with Crippen LogP contribution in [-0.2, 0) is 4.79 Å². The fourth-order valence-electron chi connectivity index (χ4n) is 2.78. The summed E-state index contributed by atoms with van der Waals surface area (Å²) in [4.78, 5) is 16.9. The van der Waals surface area contributed by atoms with Gasteiger partial charge in [-0.2, -0.15) is 0 Å². The van der Waals surface area contributed by atoms with Gasteiger partial charge in [-0.25, -0.2) is 4.98 Å². The number of aliphatic hydroxyl groups is 1. The molecule has 0 bridgehead atoms. The molecule has 1 amide bonds. The average Bonchev–Trinajstić information content (AvgIpc) is 3.05. The van der Waals surface area contributed by atoms with Gasteiger partial charge in [0.15, 0.2) is 10.1 Å². The highest BCUT2D eigenvalue weighted by Crippen LogP contribution is 2.27. The van der Waals surface area contributed by atoms with Crippen LogP contribution in [0.2, 0.25) is 5.15 Å². The van der Waals surface area contributed by atoms with Crippen LogP contribution in [0.5, 0.6) is 0 Å². The van der Waals surface area contributed by atoms with E-state index < -0.39 is 5.60 Å². The number of imidazole rings is 1. The first-order chi connectivity index (χ1) is 10.6. The Morgan fingerprint density at radius 1 is 1.50 bits per heavy atom. The minimum atomic E-state index is -0.753. The number of hydrogen-bond acceptors (Lipinski definition) is 4. The molecule has 0 aliphatic heterocycles. The van der Waals surface area contributed by atoms with Gasteiger partial charge in [0.2, 0.25) is 5.91 Å². The van der Waals surface area contributed by atoms with Gasteiger partial charge in [0, 0.05) is 24.2 Å². The number of halogens is 1. The van der Waals surface area contributed by atoms with Gasteiger partial charge >= 0.3 is 0 Å². The molecule has 1 aliphatic rings. The molecule has 0 saturated heterocycles.